The van der Waals surface area contributed by atoms with Crippen molar-refractivity contribution in [2.45, 2.75) is 77.7 Å². The zero-order chi connectivity index (χ0) is 13.7. The van der Waals surface area contributed by atoms with Gasteiger partial charge in [0.05, 0.1) is 0 Å². The summed E-state index contributed by atoms with van der Waals surface area (Å²) in [7, 11) is 0. The Kier molecular flexibility index (Phi) is 5.87. The summed E-state index contributed by atoms with van der Waals surface area (Å²) in [6, 6.07) is 0.635. The quantitative estimate of drug-likeness (QED) is 0.748. The Hall–Kier alpha value is -0.370. The van der Waals surface area contributed by atoms with E-state index in [1.807, 2.05) is 0 Å². The molecule has 1 heterocycles. The van der Waals surface area contributed by atoms with Gasteiger partial charge in [-0.1, -0.05) is 32.1 Å². The van der Waals surface area contributed by atoms with E-state index in [2.05, 4.69) is 18.7 Å². The first-order valence-electron chi connectivity index (χ1n) is 8.41. The van der Waals surface area contributed by atoms with Crippen LogP contribution in [0.25, 0.3) is 0 Å². The van der Waals surface area contributed by atoms with Crippen molar-refractivity contribution in [3.8, 4) is 0 Å². The average molecular weight is 265 g/mol. The van der Waals surface area contributed by atoms with Gasteiger partial charge in [0.15, 0.2) is 0 Å². The van der Waals surface area contributed by atoms with Crippen LogP contribution < -0.4 is 0 Å². The van der Waals surface area contributed by atoms with Gasteiger partial charge in [-0.25, -0.2) is 0 Å². The molecule has 2 nitrogen and oxygen atoms in total. The van der Waals surface area contributed by atoms with Crippen molar-refractivity contribution in [2.75, 3.05) is 13.1 Å². The summed E-state index contributed by atoms with van der Waals surface area (Å²) in [6.45, 7) is 6.91. The molecule has 0 unspecified atom stereocenters. The van der Waals surface area contributed by atoms with Crippen LogP contribution in [0.1, 0.15) is 71.6 Å². The predicted molar refractivity (Wildman–Crippen MR) is 80.2 cm³/mol. The Morgan fingerprint density at radius 2 is 1.63 bits per heavy atom. The third-order valence-electron chi connectivity index (χ3n) is 5.04. The fraction of sp³-hybridized carbons (Fsp3) is 0.941. The van der Waals surface area contributed by atoms with Gasteiger partial charge in [0.1, 0.15) is 5.78 Å². The molecule has 19 heavy (non-hydrogen) atoms. The molecule has 1 saturated carbocycles. The van der Waals surface area contributed by atoms with Gasteiger partial charge >= 0.3 is 0 Å². The van der Waals surface area contributed by atoms with Gasteiger partial charge in [0.25, 0.3) is 0 Å². The first-order chi connectivity index (χ1) is 9.15. The lowest BCUT2D eigenvalue weighted by atomic mass is 9.83. The van der Waals surface area contributed by atoms with Crippen molar-refractivity contribution in [1.82, 2.24) is 4.90 Å². The van der Waals surface area contributed by atoms with Crippen LogP contribution in [0.2, 0.25) is 0 Å². The summed E-state index contributed by atoms with van der Waals surface area (Å²) in [5.74, 6) is 1.89. The molecule has 1 aliphatic carbocycles. The van der Waals surface area contributed by atoms with Crippen LogP contribution in [-0.4, -0.2) is 29.8 Å². The van der Waals surface area contributed by atoms with Crippen LogP contribution in [0.4, 0.5) is 0 Å². The van der Waals surface area contributed by atoms with E-state index < -0.39 is 0 Å². The molecule has 0 radical (unpaired) electrons. The second-order valence-corrected chi connectivity index (χ2v) is 7.05. The first-order valence-corrected chi connectivity index (χ1v) is 8.41. The number of ketones is 1. The number of rotatable bonds is 5. The summed E-state index contributed by atoms with van der Waals surface area (Å²) < 4.78 is 0. The van der Waals surface area contributed by atoms with Crippen molar-refractivity contribution in [2.24, 2.45) is 11.8 Å². The summed E-state index contributed by atoms with van der Waals surface area (Å²) in [5, 5.41) is 0. The van der Waals surface area contributed by atoms with Gasteiger partial charge in [-0.2, -0.15) is 0 Å². The van der Waals surface area contributed by atoms with Gasteiger partial charge in [0, 0.05) is 25.4 Å². The molecule has 0 N–H and O–H groups in total. The SMILES string of the molecule is CC(C)N1CCC[C@@H](CC(=O)CC2CCCCC2)C1. The maximum atomic E-state index is 12.2. The second-order valence-electron chi connectivity index (χ2n) is 7.05. The largest absolute Gasteiger partial charge is 0.301 e. The molecule has 0 aromatic carbocycles. The lowest BCUT2D eigenvalue weighted by Crippen LogP contribution is -2.40. The van der Waals surface area contributed by atoms with Crippen molar-refractivity contribution in [3.63, 3.8) is 0 Å². The minimum Gasteiger partial charge on any atom is -0.301 e. The van der Waals surface area contributed by atoms with Crippen molar-refractivity contribution in [3.05, 3.63) is 0 Å². The molecule has 0 aromatic rings. The monoisotopic (exact) mass is 265 g/mol. The van der Waals surface area contributed by atoms with E-state index in [-0.39, 0.29) is 0 Å². The Balaban J connectivity index is 1.72. The lowest BCUT2D eigenvalue weighted by Gasteiger charge is -2.35. The maximum Gasteiger partial charge on any atom is 0.133 e. The molecule has 2 heteroatoms. The molecular weight excluding hydrogens is 234 g/mol. The number of piperidine rings is 1. The molecule has 2 aliphatic rings. The van der Waals surface area contributed by atoms with Crippen LogP contribution >= 0.6 is 0 Å². The Morgan fingerprint density at radius 1 is 1.00 bits per heavy atom. The maximum absolute atomic E-state index is 12.2. The second kappa shape index (κ2) is 7.42. The van der Waals surface area contributed by atoms with Crippen molar-refractivity contribution in [1.29, 1.82) is 0 Å². The fourth-order valence-electron chi connectivity index (χ4n) is 3.85. The summed E-state index contributed by atoms with van der Waals surface area (Å²) >= 11 is 0. The Morgan fingerprint density at radius 3 is 2.32 bits per heavy atom. The molecule has 0 spiro atoms. The zero-order valence-corrected chi connectivity index (χ0v) is 12.9. The smallest absolute Gasteiger partial charge is 0.133 e. The van der Waals surface area contributed by atoms with Crippen molar-refractivity contribution >= 4 is 5.78 Å². The van der Waals surface area contributed by atoms with Gasteiger partial charge in [0.2, 0.25) is 0 Å². The predicted octanol–water partition coefficient (Wildman–Crippen LogP) is 4.04. The van der Waals surface area contributed by atoms with E-state index in [9.17, 15) is 4.79 Å². The van der Waals surface area contributed by atoms with Gasteiger partial charge in [-0.3, -0.25) is 4.79 Å². The lowest BCUT2D eigenvalue weighted by molar-refractivity contribution is -0.121. The molecule has 0 aromatic heterocycles. The number of likely N-dealkylation sites (tertiary alicyclic amines) is 1. The highest BCUT2D eigenvalue weighted by molar-refractivity contribution is 5.78. The topological polar surface area (TPSA) is 20.3 Å². The molecule has 1 aliphatic heterocycles. The summed E-state index contributed by atoms with van der Waals surface area (Å²) in [5.41, 5.74) is 0. The van der Waals surface area contributed by atoms with Crippen LogP contribution in [0.15, 0.2) is 0 Å². The standard InChI is InChI=1S/C17H31NO/c1-14(2)18-10-6-9-16(13-18)12-17(19)11-15-7-4-3-5-8-15/h14-16H,3-13H2,1-2H3/t16-/m0/s1. The number of carbonyl (C=O) groups excluding carboxylic acids is 1. The molecule has 110 valence electrons. The molecule has 2 rings (SSSR count). The highest BCUT2D eigenvalue weighted by Gasteiger charge is 2.25. The first kappa shape index (κ1) is 15.0. The number of Topliss-reactive ketones (excluding diaryl/α,β-unsaturated/α-hetero) is 1. The molecule has 2 fully saturated rings. The number of hydrogen-bond acceptors (Lipinski definition) is 2. The summed E-state index contributed by atoms with van der Waals surface area (Å²) in [4.78, 5) is 14.8. The van der Waals surface area contributed by atoms with Gasteiger partial charge in [-0.05, 0) is 45.1 Å². The van der Waals surface area contributed by atoms with E-state index in [1.165, 1.54) is 51.5 Å². The third-order valence-corrected chi connectivity index (χ3v) is 5.04. The van der Waals surface area contributed by atoms with E-state index in [0.717, 1.165) is 19.4 Å². The van der Waals surface area contributed by atoms with E-state index >= 15 is 0 Å². The van der Waals surface area contributed by atoms with E-state index in [0.29, 0.717) is 23.7 Å². The number of hydrogen-bond donors (Lipinski definition) is 0. The minimum absolute atomic E-state index is 0.544. The number of carbonyl (C=O) groups is 1. The van der Waals surface area contributed by atoms with Gasteiger partial charge in [-0.15, -0.1) is 0 Å². The number of nitrogens with zero attached hydrogens (tertiary/aromatic N) is 1. The van der Waals surface area contributed by atoms with E-state index in [4.69, 9.17) is 0 Å². The van der Waals surface area contributed by atoms with Crippen LogP contribution in [-0.2, 0) is 4.79 Å². The van der Waals surface area contributed by atoms with Gasteiger partial charge < -0.3 is 4.90 Å². The third kappa shape index (κ3) is 4.91. The zero-order valence-electron chi connectivity index (χ0n) is 12.9. The Labute approximate surface area is 118 Å². The Bertz CT molecular complexity index is 281. The highest BCUT2D eigenvalue weighted by atomic mass is 16.1. The van der Waals surface area contributed by atoms with Crippen LogP contribution in [0, 0.1) is 11.8 Å². The molecule has 0 bridgehead atoms. The fourth-order valence-corrected chi connectivity index (χ4v) is 3.85. The average Bonchev–Trinajstić information content (AvgIpc) is 2.40. The molecule has 1 atom stereocenters. The highest BCUT2D eigenvalue weighted by Crippen LogP contribution is 2.28. The van der Waals surface area contributed by atoms with E-state index in [1.54, 1.807) is 0 Å². The molecule has 0 amide bonds. The summed E-state index contributed by atoms with van der Waals surface area (Å²) in [6.07, 6.45) is 10.9. The normalized spacial score (nSPS) is 26.8. The minimum atomic E-state index is 0.544. The van der Waals surface area contributed by atoms with Crippen LogP contribution in [0.5, 0.6) is 0 Å². The van der Waals surface area contributed by atoms with Crippen LogP contribution in [0.3, 0.4) is 0 Å². The molecule has 1 saturated heterocycles. The van der Waals surface area contributed by atoms with Crippen molar-refractivity contribution < 1.29 is 4.79 Å². The molecular formula is C17H31NO.